The minimum atomic E-state index is -0.406. The smallest absolute Gasteiger partial charge is 0.239 e. The van der Waals surface area contributed by atoms with Crippen molar-refractivity contribution in [2.75, 3.05) is 25.6 Å². The van der Waals surface area contributed by atoms with Crippen molar-refractivity contribution in [3.63, 3.8) is 0 Å². The Morgan fingerprint density at radius 1 is 1.53 bits per heavy atom. The standard InChI is InChI=1S/C10H22N2O2S/c1-8(13)4-6-12(2)10(14)9(11)5-7-15-3/h8-9,13H,4-7,11H2,1-3H3/t8?,9-/m1/s1. The molecule has 0 aliphatic heterocycles. The molecular formula is C10H22N2O2S. The number of carbonyl (C=O) groups excluding carboxylic acids is 1. The molecular weight excluding hydrogens is 212 g/mol. The summed E-state index contributed by atoms with van der Waals surface area (Å²) in [7, 11) is 1.73. The molecule has 1 amide bonds. The SMILES string of the molecule is CSCC[C@@H](N)C(=O)N(C)CCC(C)O. The van der Waals surface area contributed by atoms with E-state index < -0.39 is 6.04 Å². The molecule has 0 spiro atoms. The van der Waals surface area contributed by atoms with Crippen LogP contribution in [0.5, 0.6) is 0 Å². The van der Waals surface area contributed by atoms with Crippen molar-refractivity contribution in [2.45, 2.75) is 31.9 Å². The topological polar surface area (TPSA) is 66.6 Å². The maximum absolute atomic E-state index is 11.7. The number of likely N-dealkylation sites (N-methyl/N-ethyl adjacent to an activating group) is 1. The molecule has 4 nitrogen and oxygen atoms in total. The monoisotopic (exact) mass is 234 g/mol. The van der Waals surface area contributed by atoms with Crippen LogP contribution in [0.1, 0.15) is 19.8 Å². The van der Waals surface area contributed by atoms with Crippen LogP contribution >= 0.6 is 11.8 Å². The predicted molar refractivity (Wildman–Crippen MR) is 64.9 cm³/mol. The molecule has 0 fully saturated rings. The molecule has 5 heteroatoms. The lowest BCUT2D eigenvalue weighted by atomic mass is 10.2. The van der Waals surface area contributed by atoms with Crippen molar-refractivity contribution in [3.05, 3.63) is 0 Å². The summed E-state index contributed by atoms with van der Waals surface area (Å²) in [6, 6.07) is -0.406. The molecule has 0 rings (SSSR count). The zero-order chi connectivity index (χ0) is 11.8. The Labute approximate surface area is 96.2 Å². The second-order valence-corrected chi connectivity index (χ2v) is 4.77. The first-order valence-electron chi connectivity index (χ1n) is 5.16. The van der Waals surface area contributed by atoms with Gasteiger partial charge < -0.3 is 15.7 Å². The third kappa shape index (κ3) is 6.76. The van der Waals surface area contributed by atoms with Crippen molar-refractivity contribution in [3.8, 4) is 0 Å². The van der Waals surface area contributed by atoms with E-state index in [2.05, 4.69) is 0 Å². The number of amides is 1. The first-order chi connectivity index (χ1) is 6.99. The highest BCUT2D eigenvalue weighted by atomic mass is 32.2. The number of aliphatic hydroxyl groups is 1. The van der Waals surface area contributed by atoms with Gasteiger partial charge in [0.15, 0.2) is 0 Å². The van der Waals surface area contributed by atoms with Gasteiger partial charge in [-0.25, -0.2) is 0 Å². The van der Waals surface area contributed by atoms with Crippen LogP contribution in [-0.4, -0.2) is 53.7 Å². The molecule has 0 heterocycles. The lowest BCUT2D eigenvalue weighted by Crippen LogP contribution is -2.42. The number of carbonyl (C=O) groups is 1. The van der Waals surface area contributed by atoms with Gasteiger partial charge in [-0.2, -0.15) is 11.8 Å². The molecule has 90 valence electrons. The van der Waals surface area contributed by atoms with Gasteiger partial charge >= 0.3 is 0 Å². The quantitative estimate of drug-likeness (QED) is 0.665. The minimum absolute atomic E-state index is 0.0373. The largest absolute Gasteiger partial charge is 0.393 e. The average molecular weight is 234 g/mol. The Morgan fingerprint density at radius 3 is 2.60 bits per heavy atom. The fourth-order valence-electron chi connectivity index (χ4n) is 1.14. The third-order valence-electron chi connectivity index (χ3n) is 2.21. The van der Waals surface area contributed by atoms with Gasteiger partial charge in [0.25, 0.3) is 0 Å². The maximum atomic E-state index is 11.7. The summed E-state index contributed by atoms with van der Waals surface area (Å²) < 4.78 is 0. The zero-order valence-electron chi connectivity index (χ0n) is 9.77. The van der Waals surface area contributed by atoms with Gasteiger partial charge in [0, 0.05) is 13.6 Å². The Hall–Kier alpha value is -0.260. The van der Waals surface area contributed by atoms with Crippen molar-refractivity contribution in [1.29, 1.82) is 0 Å². The summed E-state index contributed by atoms with van der Waals surface area (Å²) in [4.78, 5) is 13.3. The van der Waals surface area contributed by atoms with E-state index in [1.807, 2.05) is 6.26 Å². The van der Waals surface area contributed by atoms with E-state index in [1.165, 1.54) is 0 Å². The van der Waals surface area contributed by atoms with E-state index in [1.54, 1.807) is 30.6 Å². The van der Waals surface area contributed by atoms with Crippen molar-refractivity contribution < 1.29 is 9.90 Å². The highest BCUT2D eigenvalue weighted by molar-refractivity contribution is 7.98. The van der Waals surface area contributed by atoms with Gasteiger partial charge in [-0.3, -0.25) is 4.79 Å². The number of aliphatic hydroxyl groups excluding tert-OH is 1. The molecule has 3 N–H and O–H groups in total. The van der Waals surface area contributed by atoms with Gasteiger partial charge in [0.2, 0.25) is 5.91 Å². The lowest BCUT2D eigenvalue weighted by molar-refractivity contribution is -0.131. The van der Waals surface area contributed by atoms with Crippen molar-refractivity contribution >= 4 is 17.7 Å². The fourth-order valence-corrected chi connectivity index (χ4v) is 1.63. The van der Waals surface area contributed by atoms with Crippen LogP contribution in [0.15, 0.2) is 0 Å². The number of hydrogen-bond donors (Lipinski definition) is 2. The van der Waals surface area contributed by atoms with E-state index in [4.69, 9.17) is 10.8 Å². The Bertz CT molecular complexity index is 188. The van der Waals surface area contributed by atoms with E-state index in [0.717, 1.165) is 5.75 Å². The normalized spacial score (nSPS) is 14.7. The van der Waals surface area contributed by atoms with Crippen molar-refractivity contribution in [1.82, 2.24) is 4.90 Å². The number of nitrogens with two attached hydrogens (primary N) is 1. The van der Waals surface area contributed by atoms with Crippen LogP contribution in [0.2, 0.25) is 0 Å². The second kappa shape index (κ2) is 7.96. The van der Waals surface area contributed by atoms with Gasteiger partial charge in [-0.1, -0.05) is 0 Å². The molecule has 2 atom stereocenters. The van der Waals surface area contributed by atoms with Crippen LogP contribution in [0, 0.1) is 0 Å². The Morgan fingerprint density at radius 2 is 2.13 bits per heavy atom. The number of nitrogens with zero attached hydrogens (tertiary/aromatic N) is 1. The summed E-state index contributed by atoms with van der Waals surface area (Å²) in [6.45, 7) is 2.27. The lowest BCUT2D eigenvalue weighted by Gasteiger charge is -2.21. The molecule has 0 aromatic heterocycles. The highest BCUT2D eigenvalue weighted by Crippen LogP contribution is 2.02. The van der Waals surface area contributed by atoms with Crippen molar-refractivity contribution in [2.24, 2.45) is 5.73 Å². The molecule has 0 aromatic carbocycles. The number of thioether (sulfide) groups is 1. The minimum Gasteiger partial charge on any atom is -0.393 e. The second-order valence-electron chi connectivity index (χ2n) is 3.79. The van der Waals surface area contributed by atoms with Gasteiger partial charge in [0.05, 0.1) is 12.1 Å². The summed E-state index contributed by atoms with van der Waals surface area (Å²) in [6.07, 6.45) is 2.92. The molecule has 0 aliphatic carbocycles. The van der Waals surface area contributed by atoms with Gasteiger partial charge in [0.1, 0.15) is 0 Å². The molecule has 0 radical (unpaired) electrons. The molecule has 1 unspecified atom stereocenters. The zero-order valence-corrected chi connectivity index (χ0v) is 10.6. The molecule has 15 heavy (non-hydrogen) atoms. The molecule has 0 saturated heterocycles. The molecule has 0 aliphatic rings. The van der Waals surface area contributed by atoms with Gasteiger partial charge in [-0.15, -0.1) is 0 Å². The first-order valence-corrected chi connectivity index (χ1v) is 6.56. The summed E-state index contributed by atoms with van der Waals surface area (Å²) in [5.41, 5.74) is 5.74. The Kier molecular flexibility index (Phi) is 7.82. The summed E-state index contributed by atoms with van der Waals surface area (Å²) in [5, 5.41) is 9.09. The van der Waals surface area contributed by atoms with E-state index >= 15 is 0 Å². The number of rotatable bonds is 7. The predicted octanol–water partition coefficient (Wildman–Crippen LogP) is 0.296. The van der Waals surface area contributed by atoms with E-state index in [0.29, 0.717) is 19.4 Å². The Balaban J connectivity index is 3.85. The van der Waals surface area contributed by atoms with Crippen LogP contribution in [0.25, 0.3) is 0 Å². The average Bonchev–Trinajstić information content (AvgIpc) is 2.21. The van der Waals surface area contributed by atoms with E-state index in [9.17, 15) is 4.79 Å². The van der Waals surface area contributed by atoms with E-state index in [-0.39, 0.29) is 12.0 Å². The molecule has 0 bridgehead atoms. The molecule has 0 saturated carbocycles. The fraction of sp³-hybridized carbons (Fsp3) is 0.900. The number of hydrogen-bond acceptors (Lipinski definition) is 4. The van der Waals surface area contributed by atoms with Gasteiger partial charge in [-0.05, 0) is 31.8 Å². The summed E-state index contributed by atoms with van der Waals surface area (Å²) >= 11 is 1.69. The van der Waals surface area contributed by atoms with Crippen LogP contribution in [0.3, 0.4) is 0 Å². The van der Waals surface area contributed by atoms with Crippen LogP contribution in [0.4, 0.5) is 0 Å². The van der Waals surface area contributed by atoms with Crippen LogP contribution < -0.4 is 5.73 Å². The maximum Gasteiger partial charge on any atom is 0.239 e. The van der Waals surface area contributed by atoms with Crippen LogP contribution in [-0.2, 0) is 4.79 Å². The molecule has 0 aromatic rings. The third-order valence-corrected chi connectivity index (χ3v) is 2.85. The first kappa shape index (κ1) is 14.7. The highest BCUT2D eigenvalue weighted by Gasteiger charge is 2.17. The summed E-state index contributed by atoms with van der Waals surface area (Å²) in [5.74, 6) is 0.863.